The molecule has 0 saturated carbocycles. The van der Waals surface area contributed by atoms with E-state index in [4.69, 9.17) is 16.6 Å². The van der Waals surface area contributed by atoms with Crippen LogP contribution in [0.4, 0.5) is 0 Å². The molecule has 1 atom stereocenters. The lowest BCUT2D eigenvalue weighted by molar-refractivity contribution is -0.296. The van der Waals surface area contributed by atoms with Gasteiger partial charge in [-0.05, 0) is 13.8 Å². The van der Waals surface area contributed by atoms with Gasteiger partial charge in [0, 0.05) is 0 Å². The van der Waals surface area contributed by atoms with E-state index in [0.717, 1.165) is 0 Å². The molecule has 0 aromatic rings. The van der Waals surface area contributed by atoms with E-state index in [1.54, 1.807) is 0 Å². The van der Waals surface area contributed by atoms with Crippen LogP contribution in [0.5, 0.6) is 0 Å². The van der Waals surface area contributed by atoms with Gasteiger partial charge < -0.3 is 25.2 Å². The van der Waals surface area contributed by atoms with Crippen molar-refractivity contribution in [3.05, 3.63) is 0 Å². The fourth-order valence-electron chi connectivity index (χ4n) is 0.945. The van der Waals surface area contributed by atoms with Crippen LogP contribution in [0.25, 0.3) is 0 Å². The summed E-state index contributed by atoms with van der Waals surface area (Å²) in [6, 6.07) is 0. The molecule has 0 spiro atoms. The summed E-state index contributed by atoms with van der Waals surface area (Å²) in [7, 11) is 0. The van der Waals surface area contributed by atoms with Gasteiger partial charge in [0.1, 0.15) is 0 Å². The predicted molar refractivity (Wildman–Crippen MR) is 53.2 cm³/mol. The number of esters is 1. The highest BCUT2D eigenvalue weighted by Crippen LogP contribution is 2.27. The van der Waals surface area contributed by atoms with Crippen molar-refractivity contribution in [2.24, 2.45) is 11.5 Å². The average molecular weight is 252 g/mol. The van der Waals surface area contributed by atoms with Gasteiger partial charge >= 0.3 is 11.9 Å². The van der Waals surface area contributed by atoms with E-state index >= 15 is 0 Å². The minimum Gasteiger partial charge on any atom is -0.479 e. The Bertz CT molecular complexity index is 324. The Morgan fingerprint density at radius 2 is 1.65 bits per heavy atom. The maximum Gasteiger partial charge on any atom is 0.346 e. The summed E-state index contributed by atoms with van der Waals surface area (Å²) in [6.45, 7) is 1.77. The number of aliphatic carboxylic acids is 1. The topological polar surface area (TPSA) is 176 Å². The highest BCUT2D eigenvalue weighted by molar-refractivity contribution is 5.85. The van der Waals surface area contributed by atoms with E-state index in [1.165, 1.54) is 6.92 Å². The Labute approximate surface area is 96.6 Å². The normalized spacial score (nSPS) is 16.2. The van der Waals surface area contributed by atoms with Crippen LogP contribution in [0.2, 0.25) is 0 Å². The molecule has 8 N–H and O–H groups in total. The molecule has 9 heteroatoms. The Hall–Kier alpha value is -1.26. The second-order valence-electron chi connectivity index (χ2n) is 3.64. The lowest BCUT2D eigenvalue weighted by Crippen LogP contribution is -2.80. The molecule has 0 radical (unpaired) electrons. The fraction of sp³-hybridized carbons (Fsp3) is 0.750. The monoisotopic (exact) mass is 252 g/mol. The molecule has 1 unspecified atom stereocenters. The number of hydrogen-bond acceptors (Lipinski definition) is 8. The number of ether oxygens (including phenoxy) is 1. The zero-order chi connectivity index (χ0) is 14.1. The molecule has 0 saturated heterocycles. The van der Waals surface area contributed by atoms with Crippen LogP contribution in [-0.4, -0.2) is 56.0 Å². The molecule has 0 rings (SSSR count). The van der Waals surface area contributed by atoms with Gasteiger partial charge in [-0.1, -0.05) is 0 Å². The van der Waals surface area contributed by atoms with E-state index in [2.05, 4.69) is 4.74 Å². The van der Waals surface area contributed by atoms with Crippen molar-refractivity contribution in [1.29, 1.82) is 0 Å². The van der Waals surface area contributed by atoms with E-state index in [0.29, 0.717) is 6.92 Å². The third kappa shape index (κ3) is 2.37. The number of carboxylic acid groups (broad SMARTS) is 1. The summed E-state index contributed by atoms with van der Waals surface area (Å²) in [5.41, 5.74) is 4.08. The number of carbonyl (C=O) groups excluding carboxylic acids is 1. The van der Waals surface area contributed by atoms with Gasteiger partial charge in [-0.3, -0.25) is 11.5 Å². The summed E-state index contributed by atoms with van der Waals surface area (Å²) in [4.78, 5) is 21.9. The maximum absolute atomic E-state index is 11.3. The molecule has 0 aliphatic carbocycles. The molecule has 0 heterocycles. The first-order valence-electron chi connectivity index (χ1n) is 4.58. The number of aliphatic hydroxyl groups is 3. The molecule has 0 aliphatic heterocycles. The van der Waals surface area contributed by atoms with Gasteiger partial charge in [0.2, 0.25) is 17.1 Å². The van der Waals surface area contributed by atoms with Crippen molar-refractivity contribution in [3.63, 3.8) is 0 Å². The van der Waals surface area contributed by atoms with Crippen LogP contribution in [0.3, 0.4) is 0 Å². The summed E-state index contributed by atoms with van der Waals surface area (Å²) in [5, 5.41) is 37.0. The minimum atomic E-state index is -3.63. The zero-order valence-corrected chi connectivity index (χ0v) is 9.38. The van der Waals surface area contributed by atoms with Gasteiger partial charge in [0.15, 0.2) is 0 Å². The lowest BCUT2D eigenvalue weighted by Gasteiger charge is -2.41. The van der Waals surface area contributed by atoms with Crippen LogP contribution < -0.4 is 11.5 Å². The largest absolute Gasteiger partial charge is 0.479 e. The second-order valence-corrected chi connectivity index (χ2v) is 3.64. The Morgan fingerprint density at radius 3 is 1.94 bits per heavy atom. The van der Waals surface area contributed by atoms with Crippen LogP contribution >= 0.6 is 0 Å². The predicted octanol–water partition coefficient (Wildman–Crippen LogP) is -3.32. The Morgan fingerprint density at radius 1 is 1.24 bits per heavy atom. The van der Waals surface area contributed by atoms with E-state index < -0.39 is 29.0 Å². The molecule has 17 heavy (non-hydrogen) atoms. The van der Waals surface area contributed by atoms with Crippen LogP contribution in [0.15, 0.2) is 0 Å². The van der Waals surface area contributed by atoms with Gasteiger partial charge in [0.05, 0.1) is 6.61 Å². The van der Waals surface area contributed by atoms with E-state index in [-0.39, 0.29) is 6.61 Å². The summed E-state index contributed by atoms with van der Waals surface area (Å²) in [5.74, 6) is -7.11. The standard InChI is InChI=1S/C8H16N2O7/c1-3-17-5(13)7(9,10)8(15,16)6(2,14)4(11)12/h14-16H,3,9-10H2,1-2H3,(H,11,12). The summed E-state index contributed by atoms with van der Waals surface area (Å²) >= 11 is 0. The second kappa shape index (κ2) is 4.55. The molecule has 100 valence electrons. The number of carbonyl (C=O) groups is 2. The number of rotatable bonds is 5. The van der Waals surface area contributed by atoms with Crippen molar-refractivity contribution in [2.75, 3.05) is 6.61 Å². The Balaban J connectivity index is 5.44. The van der Waals surface area contributed by atoms with Gasteiger partial charge in [0.25, 0.3) is 0 Å². The zero-order valence-electron chi connectivity index (χ0n) is 9.38. The van der Waals surface area contributed by atoms with Crippen LogP contribution in [0.1, 0.15) is 13.8 Å². The third-order valence-electron chi connectivity index (χ3n) is 2.29. The van der Waals surface area contributed by atoms with Gasteiger partial charge in [-0.25, -0.2) is 9.59 Å². The van der Waals surface area contributed by atoms with Gasteiger partial charge in [-0.15, -0.1) is 0 Å². The first kappa shape index (κ1) is 15.7. The third-order valence-corrected chi connectivity index (χ3v) is 2.29. The molecular weight excluding hydrogens is 236 g/mol. The SMILES string of the molecule is CCOC(=O)C(N)(N)C(O)(O)C(C)(O)C(=O)O. The van der Waals surface area contributed by atoms with Crippen molar-refractivity contribution in [2.45, 2.75) is 30.9 Å². The molecule has 0 amide bonds. The van der Waals surface area contributed by atoms with E-state index in [9.17, 15) is 24.9 Å². The van der Waals surface area contributed by atoms with E-state index in [1.807, 2.05) is 0 Å². The van der Waals surface area contributed by atoms with Crippen molar-refractivity contribution >= 4 is 11.9 Å². The lowest BCUT2D eigenvalue weighted by atomic mass is 9.85. The molecule has 0 aromatic carbocycles. The Kier molecular flexibility index (Phi) is 4.21. The fourth-order valence-corrected chi connectivity index (χ4v) is 0.945. The first-order chi connectivity index (χ1) is 7.42. The number of nitrogens with two attached hydrogens (primary N) is 2. The van der Waals surface area contributed by atoms with Crippen molar-refractivity contribution in [1.82, 2.24) is 0 Å². The smallest absolute Gasteiger partial charge is 0.346 e. The van der Waals surface area contributed by atoms with Crippen LogP contribution in [-0.2, 0) is 14.3 Å². The highest BCUT2D eigenvalue weighted by atomic mass is 16.6. The van der Waals surface area contributed by atoms with Crippen LogP contribution in [0, 0.1) is 0 Å². The maximum atomic E-state index is 11.3. The highest BCUT2D eigenvalue weighted by Gasteiger charge is 2.65. The molecular formula is C8H16N2O7. The molecule has 0 aliphatic rings. The van der Waals surface area contributed by atoms with Crippen molar-refractivity contribution in [3.8, 4) is 0 Å². The quantitative estimate of drug-likeness (QED) is 0.216. The number of carboxylic acids is 1. The summed E-state index contributed by atoms with van der Waals surface area (Å²) in [6.07, 6.45) is 0. The number of hydrogen-bond donors (Lipinski definition) is 6. The van der Waals surface area contributed by atoms with Crippen molar-refractivity contribution < 1.29 is 34.8 Å². The summed E-state index contributed by atoms with van der Waals surface area (Å²) < 4.78 is 4.35. The molecule has 0 fully saturated rings. The van der Waals surface area contributed by atoms with Gasteiger partial charge in [-0.2, -0.15) is 0 Å². The first-order valence-corrected chi connectivity index (χ1v) is 4.58. The molecule has 0 aromatic heterocycles. The molecule has 9 nitrogen and oxygen atoms in total. The minimum absolute atomic E-state index is 0.166. The average Bonchev–Trinajstić information content (AvgIpc) is 2.17. The molecule has 0 bridgehead atoms.